The molecule has 0 amide bonds. The number of alkyl halides is 2. The van der Waals surface area contributed by atoms with Crippen molar-refractivity contribution in [2.45, 2.75) is 17.5 Å². The summed E-state index contributed by atoms with van der Waals surface area (Å²) in [6.07, 6.45) is 8.94. The van der Waals surface area contributed by atoms with Crippen molar-refractivity contribution in [1.82, 2.24) is 4.98 Å². The second-order valence-corrected chi connectivity index (χ2v) is 5.32. The highest BCUT2D eigenvalue weighted by molar-refractivity contribution is 5.46. The molecule has 0 radical (unpaired) electrons. The van der Waals surface area contributed by atoms with Gasteiger partial charge in [0.2, 0.25) is 0 Å². The van der Waals surface area contributed by atoms with Gasteiger partial charge in [0.1, 0.15) is 5.82 Å². The van der Waals surface area contributed by atoms with E-state index in [-0.39, 0.29) is 19.1 Å². The molecule has 4 nitrogen and oxygen atoms in total. The summed E-state index contributed by atoms with van der Waals surface area (Å²) in [6.45, 7) is -0.565. The van der Waals surface area contributed by atoms with Crippen molar-refractivity contribution in [3.8, 4) is 0 Å². The SMILES string of the molecule is NC1C=CC=CC1(N)c1ccc(N2CC(F)(F)C2)nc1. The molecule has 6 heteroatoms. The highest BCUT2D eigenvalue weighted by Gasteiger charge is 2.44. The van der Waals surface area contributed by atoms with E-state index in [0.29, 0.717) is 5.82 Å². The van der Waals surface area contributed by atoms with E-state index in [2.05, 4.69) is 4.98 Å². The molecule has 1 fully saturated rings. The van der Waals surface area contributed by atoms with E-state index < -0.39 is 11.5 Å². The van der Waals surface area contributed by atoms with Crippen molar-refractivity contribution in [3.05, 3.63) is 48.2 Å². The highest BCUT2D eigenvalue weighted by atomic mass is 19.3. The molecule has 1 aliphatic carbocycles. The summed E-state index contributed by atoms with van der Waals surface area (Å²) in [6, 6.07) is 3.16. The van der Waals surface area contributed by atoms with Crippen LogP contribution in [0, 0.1) is 0 Å². The fourth-order valence-corrected chi connectivity index (χ4v) is 2.46. The molecular formula is C14H16F2N4. The zero-order valence-electron chi connectivity index (χ0n) is 10.8. The summed E-state index contributed by atoms with van der Waals surface area (Å²) >= 11 is 0. The summed E-state index contributed by atoms with van der Waals surface area (Å²) < 4.78 is 25.7. The summed E-state index contributed by atoms with van der Waals surface area (Å²) in [7, 11) is 0. The first-order valence-corrected chi connectivity index (χ1v) is 6.40. The molecule has 1 saturated heterocycles. The first kappa shape index (κ1) is 13.2. The fourth-order valence-electron chi connectivity index (χ4n) is 2.46. The third-order valence-electron chi connectivity index (χ3n) is 3.77. The van der Waals surface area contributed by atoms with Crippen molar-refractivity contribution in [2.24, 2.45) is 11.5 Å². The largest absolute Gasteiger partial charge is 0.344 e. The molecule has 4 N–H and O–H groups in total. The standard InChI is InChI=1S/C14H16F2N4/c15-13(16)8-20(9-13)12-5-4-10(7-19-12)14(18)6-2-1-3-11(14)17/h1-7,11H,8-9,17-18H2. The maximum Gasteiger partial charge on any atom is 0.282 e. The van der Waals surface area contributed by atoms with Gasteiger partial charge in [0.25, 0.3) is 5.92 Å². The number of anilines is 1. The monoisotopic (exact) mass is 278 g/mol. The summed E-state index contributed by atoms with van der Waals surface area (Å²) in [5, 5.41) is 0. The second kappa shape index (κ2) is 4.36. The fraction of sp³-hybridized carbons (Fsp3) is 0.357. The molecule has 3 rings (SSSR count). The quantitative estimate of drug-likeness (QED) is 0.851. The Labute approximate surface area is 115 Å². The topological polar surface area (TPSA) is 68.2 Å². The Hall–Kier alpha value is -1.79. The first-order valence-electron chi connectivity index (χ1n) is 6.40. The van der Waals surface area contributed by atoms with Gasteiger partial charge >= 0.3 is 0 Å². The second-order valence-electron chi connectivity index (χ2n) is 5.32. The Morgan fingerprint density at radius 1 is 1.25 bits per heavy atom. The minimum Gasteiger partial charge on any atom is -0.344 e. The van der Waals surface area contributed by atoms with E-state index >= 15 is 0 Å². The molecule has 0 saturated carbocycles. The third-order valence-corrected chi connectivity index (χ3v) is 3.77. The Morgan fingerprint density at radius 2 is 2.00 bits per heavy atom. The van der Waals surface area contributed by atoms with E-state index in [9.17, 15) is 8.78 Å². The van der Waals surface area contributed by atoms with Gasteiger partial charge in [-0.2, -0.15) is 0 Å². The van der Waals surface area contributed by atoms with Crippen LogP contribution in [0.2, 0.25) is 0 Å². The number of halogens is 2. The molecule has 2 aliphatic rings. The van der Waals surface area contributed by atoms with Crippen LogP contribution < -0.4 is 16.4 Å². The lowest BCUT2D eigenvalue weighted by Crippen LogP contribution is -2.56. The van der Waals surface area contributed by atoms with E-state index in [1.54, 1.807) is 18.3 Å². The van der Waals surface area contributed by atoms with Gasteiger partial charge in [-0.1, -0.05) is 30.4 Å². The van der Waals surface area contributed by atoms with E-state index in [0.717, 1.165) is 5.56 Å². The van der Waals surface area contributed by atoms with Crippen molar-refractivity contribution >= 4 is 5.82 Å². The van der Waals surface area contributed by atoms with Gasteiger partial charge in [0.15, 0.2) is 0 Å². The van der Waals surface area contributed by atoms with Gasteiger partial charge in [-0.3, -0.25) is 0 Å². The number of nitrogens with zero attached hydrogens (tertiary/aromatic N) is 2. The van der Waals surface area contributed by atoms with Crippen molar-refractivity contribution in [1.29, 1.82) is 0 Å². The Kier molecular flexibility index (Phi) is 2.88. The number of allylic oxidation sites excluding steroid dienone is 2. The van der Waals surface area contributed by atoms with Crippen LogP contribution in [0.1, 0.15) is 5.56 Å². The van der Waals surface area contributed by atoms with Crippen LogP contribution in [0.5, 0.6) is 0 Å². The van der Waals surface area contributed by atoms with E-state index in [4.69, 9.17) is 11.5 Å². The molecule has 0 aromatic carbocycles. The molecule has 106 valence electrons. The van der Waals surface area contributed by atoms with Crippen LogP contribution in [-0.2, 0) is 5.54 Å². The minimum atomic E-state index is -2.60. The number of pyridine rings is 1. The molecule has 1 aliphatic heterocycles. The molecular weight excluding hydrogens is 262 g/mol. The van der Waals surface area contributed by atoms with Gasteiger partial charge in [0.05, 0.1) is 18.6 Å². The third kappa shape index (κ3) is 2.10. The summed E-state index contributed by atoms with van der Waals surface area (Å²) in [4.78, 5) is 5.75. The summed E-state index contributed by atoms with van der Waals surface area (Å²) in [5.74, 6) is -2.07. The van der Waals surface area contributed by atoms with E-state index in [1.807, 2.05) is 24.3 Å². The number of rotatable bonds is 2. The Bertz CT molecular complexity index is 559. The van der Waals surface area contributed by atoms with Crippen molar-refractivity contribution in [3.63, 3.8) is 0 Å². The number of aromatic nitrogens is 1. The molecule has 0 spiro atoms. The maximum absolute atomic E-state index is 12.8. The lowest BCUT2D eigenvalue weighted by Gasteiger charge is -2.40. The Morgan fingerprint density at radius 3 is 2.55 bits per heavy atom. The predicted molar refractivity (Wildman–Crippen MR) is 73.5 cm³/mol. The normalized spacial score (nSPS) is 31.2. The average Bonchev–Trinajstić information content (AvgIpc) is 2.40. The zero-order chi connectivity index (χ0) is 14.4. The van der Waals surface area contributed by atoms with Crippen LogP contribution in [0.4, 0.5) is 14.6 Å². The molecule has 2 heterocycles. The van der Waals surface area contributed by atoms with E-state index in [1.165, 1.54) is 4.90 Å². The lowest BCUT2D eigenvalue weighted by molar-refractivity contribution is -0.0267. The van der Waals surface area contributed by atoms with Crippen LogP contribution in [0.3, 0.4) is 0 Å². The van der Waals surface area contributed by atoms with Crippen LogP contribution in [-0.4, -0.2) is 30.0 Å². The van der Waals surface area contributed by atoms with Crippen molar-refractivity contribution < 1.29 is 8.78 Å². The van der Waals surface area contributed by atoms with Gasteiger partial charge in [-0.15, -0.1) is 0 Å². The van der Waals surface area contributed by atoms with Crippen molar-refractivity contribution in [2.75, 3.05) is 18.0 Å². The van der Waals surface area contributed by atoms with Gasteiger partial charge in [-0.25, -0.2) is 13.8 Å². The smallest absolute Gasteiger partial charge is 0.282 e. The van der Waals surface area contributed by atoms with Gasteiger partial charge < -0.3 is 16.4 Å². The summed E-state index contributed by atoms with van der Waals surface area (Å²) in [5.41, 5.74) is 12.3. The molecule has 0 bridgehead atoms. The minimum absolute atomic E-state index is 0.282. The van der Waals surface area contributed by atoms with Crippen LogP contribution in [0.25, 0.3) is 0 Å². The molecule has 1 aromatic heterocycles. The molecule has 2 unspecified atom stereocenters. The van der Waals surface area contributed by atoms with Gasteiger partial charge in [-0.05, 0) is 11.6 Å². The molecule has 20 heavy (non-hydrogen) atoms. The lowest BCUT2D eigenvalue weighted by atomic mass is 9.82. The van der Waals surface area contributed by atoms with Crippen LogP contribution >= 0.6 is 0 Å². The van der Waals surface area contributed by atoms with Gasteiger partial charge in [0, 0.05) is 12.2 Å². The number of hydrogen-bond donors (Lipinski definition) is 2. The Balaban J connectivity index is 1.80. The maximum atomic E-state index is 12.8. The number of hydrogen-bond acceptors (Lipinski definition) is 4. The highest BCUT2D eigenvalue weighted by Crippen LogP contribution is 2.32. The molecule has 2 atom stereocenters. The molecule has 1 aromatic rings. The predicted octanol–water partition coefficient (Wildman–Crippen LogP) is 1.14. The first-order chi connectivity index (χ1) is 9.41. The average molecular weight is 278 g/mol. The zero-order valence-corrected chi connectivity index (χ0v) is 10.8. The number of nitrogens with two attached hydrogens (primary N) is 2. The van der Waals surface area contributed by atoms with Crippen LogP contribution in [0.15, 0.2) is 42.6 Å².